The molecule has 7 heteroatoms. The third kappa shape index (κ3) is 6.28. The molecule has 1 atom stereocenters. The standard InChI is InChI=1S/C17H24N2O5/c1-11(15(21)19-16(22)18-5)24-14(20)10-23-13-8-6-12(7-9-13)17(2,3)4/h6-9,11H,10H2,1-5H3,(H2,18,19,21,22). The van der Waals surface area contributed by atoms with Gasteiger partial charge in [-0.1, -0.05) is 32.9 Å². The first kappa shape index (κ1) is 19.5. The lowest BCUT2D eigenvalue weighted by Gasteiger charge is -2.19. The average Bonchev–Trinajstić information content (AvgIpc) is 2.52. The molecule has 0 aliphatic carbocycles. The molecule has 0 aromatic heterocycles. The van der Waals surface area contributed by atoms with Crippen molar-refractivity contribution < 1.29 is 23.9 Å². The SMILES string of the molecule is CNC(=O)NC(=O)C(C)OC(=O)COc1ccc(C(C)(C)C)cc1. The van der Waals surface area contributed by atoms with Crippen molar-refractivity contribution in [3.05, 3.63) is 29.8 Å². The zero-order valence-electron chi connectivity index (χ0n) is 14.6. The van der Waals surface area contributed by atoms with E-state index in [2.05, 4.69) is 26.1 Å². The van der Waals surface area contributed by atoms with Gasteiger partial charge >= 0.3 is 12.0 Å². The van der Waals surface area contributed by atoms with Gasteiger partial charge in [-0.3, -0.25) is 10.1 Å². The number of esters is 1. The van der Waals surface area contributed by atoms with Gasteiger partial charge in [0, 0.05) is 7.05 Å². The maximum atomic E-state index is 11.7. The molecule has 1 rings (SSSR count). The van der Waals surface area contributed by atoms with Crippen molar-refractivity contribution in [1.29, 1.82) is 0 Å². The molecule has 132 valence electrons. The van der Waals surface area contributed by atoms with Crippen molar-refractivity contribution in [2.24, 2.45) is 0 Å². The minimum absolute atomic E-state index is 0.0328. The minimum atomic E-state index is -1.10. The summed E-state index contributed by atoms with van der Waals surface area (Å²) in [5, 5.41) is 4.25. The Hall–Kier alpha value is -2.57. The lowest BCUT2D eigenvalue weighted by molar-refractivity contribution is -0.156. The van der Waals surface area contributed by atoms with Gasteiger partial charge < -0.3 is 14.8 Å². The molecule has 1 unspecified atom stereocenters. The van der Waals surface area contributed by atoms with E-state index in [0.29, 0.717) is 5.75 Å². The molecule has 7 nitrogen and oxygen atoms in total. The fourth-order valence-corrected chi connectivity index (χ4v) is 1.75. The van der Waals surface area contributed by atoms with E-state index in [1.54, 1.807) is 12.1 Å². The Labute approximate surface area is 141 Å². The highest BCUT2D eigenvalue weighted by Gasteiger charge is 2.20. The van der Waals surface area contributed by atoms with Crippen molar-refractivity contribution in [3.8, 4) is 5.75 Å². The third-order valence-corrected chi connectivity index (χ3v) is 3.22. The summed E-state index contributed by atoms with van der Waals surface area (Å²) in [5.41, 5.74) is 1.18. The summed E-state index contributed by atoms with van der Waals surface area (Å²) in [5.74, 6) is -0.880. The largest absolute Gasteiger partial charge is 0.482 e. The second-order valence-corrected chi connectivity index (χ2v) is 6.26. The molecule has 1 aromatic carbocycles. The maximum absolute atomic E-state index is 11.7. The van der Waals surface area contributed by atoms with Crippen LogP contribution in [0, 0.1) is 0 Å². The van der Waals surface area contributed by atoms with Gasteiger partial charge in [-0.15, -0.1) is 0 Å². The Morgan fingerprint density at radius 2 is 1.71 bits per heavy atom. The van der Waals surface area contributed by atoms with Gasteiger partial charge in [-0.2, -0.15) is 0 Å². The van der Waals surface area contributed by atoms with Crippen LogP contribution in [0.25, 0.3) is 0 Å². The zero-order chi connectivity index (χ0) is 18.3. The molecule has 0 aliphatic heterocycles. The lowest BCUT2D eigenvalue weighted by atomic mass is 9.87. The average molecular weight is 336 g/mol. The quantitative estimate of drug-likeness (QED) is 0.799. The molecule has 3 amide bonds. The minimum Gasteiger partial charge on any atom is -0.482 e. The summed E-state index contributed by atoms with van der Waals surface area (Å²) in [6.07, 6.45) is -1.10. The molecule has 0 spiro atoms. The number of carbonyl (C=O) groups excluding carboxylic acids is 3. The second-order valence-electron chi connectivity index (χ2n) is 6.26. The number of rotatable bonds is 5. The molecule has 1 aromatic rings. The van der Waals surface area contributed by atoms with Crippen LogP contribution in [-0.2, 0) is 19.7 Å². The first-order valence-electron chi connectivity index (χ1n) is 7.59. The van der Waals surface area contributed by atoms with E-state index in [9.17, 15) is 14.4 Å². The number of ether oxygens (including phenoxy) is 2. The van der Waals surface area contributed by atoms with Crippen LogP contribution in [0.1, 0.15) is 33.3 Å². The zero-order valence-corrected chi connectivity index (χ0v) is 14.6. The van der Waals surface area contributed by atoms with Gasteiger partial charge in [0.25, 0.3) is 5.91 Å². The molecule has 24 heavy (non-hydrogen) atoms. The molecule has 0 bridgehead atoms. The van der Waals surface area contributed by atoms with Crippen LogP contribution in [-0.4, -0.2) is 37.7 Å². The predicted octanol–water partition coefficient (Wildman–Crippen LogP) is 1.75. The number of imide groups is 1. The highest BCUT2D eigenvalue weighted by Crippen LogP contribution is 2.24. The van der Waals surface area contributed by atoms with E-state index in [0.717, 1.165) is 5.56 Å². The number of amides is 3. The van der Waals surface area contributed by atoms with E-state index in [-0.39, 0.29) is 12.0 Å². The number of nitrogens with one attached hydrogen (secondary N) is 2. The van der Waals surface area contributed by atoms with Crippen LogP contribution >= 0.6 is 0 Å². The Kier molecular flexibility index (Phi) is 6.76. The molecule has 2 N–H and O–H groups in total. The Bertz CT molecular complexity index is 590. The van der Waals surface area contributed by atoms with Gasteiger partial charge in [0.1, 0.15) is 5.75 Å². The number of benzene rings is 1. The molecule has 0 fully saturated rings. The topological polar surface area (TPSA) is 93.7 Å². The fraction of sp³-hybridized carbons (Fsp3) is 0.471. The van der Waals surface area contributed by atoms with Gasteiger partial charge in [-0.25, -0.2) is 9.59 Å². The van der Waals surface area contributed by atoms with E-state index in [1.807, 2.05) is 17.4 Å². The first-order chi connectivity index (χ1) is 11.1. The summed E-state index contributed by atoms with van der Waals surface area (Å²) in [6, 6.07) is 6.74. The van der Waals surface area contributed by atoms with Crippen LogP contribution in [0.2, 0.25) is 0 Å². The van der Waals surface area contributed by atoms with Gasteiger partial charge in [0.2, 0.25) is 0 Å². The highest BCUT2D eigenvalue weighted by atomic mass is 16.6. The maximum Gasteiger partial charge on any atom is 0.344 e. The Balaban J connectivity index is 2.46. The van der Waals surface area contributed by atoms with E-state index >= 15 is 0 Å². The van der Waals surface area contributed by atoms with Crippen molar-refractivity contribution in [3.63, 3.8) is 0 Å². The fourth-order valence-electron chi connectivity index (χ4n) is 1.75. The molecular formula is C17H24N2O5. The van der Waals surface area contributed by atoms with Gasteiger partial charge in [0.05, 0.1) is 0 Å². The summed E-state index contributed by atoms with van der Waals surface area (Å²) < 4.78 is 10.2. The second kappa shape index (κ2) is 8.33. The molecule has 0 aliphatic rings. The normalized spacial score (nSPS) is 12.0. The molecular weight excluding hydrogens is 312 g/mol. The highest BCUT2D eigenvalue weighted by molar-refractivity contribution is 5.97. The number of urea groups is 1. The van der Waals surface area contributed by atoms with Crippen LogP contribution in [0.4, 0.5) is 4.79 Å². The monoisotopic (exact) mass is 336 g/mol. The summed E-state index contributed by atoms with van der Waals surface area (Å²) in [4.78, 5) is 34.3. The summed E-state index contributed by atoms with van der Waals surface area (Å²) >= 11 is 0. The van der Waals surface area contributed by atoms with Crippen LogP contribution in [0.15, 0.2) is 24.3 Å². The van der Waals surface area contributed by atoms with Crippen molar-refractivity contribution in [1.82, 2.24) is 10.6 Å². The van der Waals surface area contributed by atoms with Crippen molar-refractivity contribution in [2.75, 3.05) is 13.7 Å². The third-order valence-electron chi connectivity index (χ3n) is 3.22. The van der Waals surface area contributed by atoms with Crippen molar-refractivity contribution in [2.45, 2.75) is 39.2 Å². The molecule has 0 heterocycles. The first-order valence-corrected chi connectivity index (χ1v) is 7.59. The van der Waals surface area contributed by atoms with E-state index < -0.39 is 24.0 Å². The van der Waals surface area contributed by atoms with Gasteiger partial charge in [0.15, 0.2) is 12.7 Å². The lowest BCUT2D eigenvalue weighted by Crippen LogP contribution is -2.43. The van der Waals surface area contributed by atoms with E-state index in [4.69, 9.17) is 9.47 Å². The van der Waals surface area contributed by atoms with Gasteiger partial charge in [-0.05, 0) is 30.0 Å². The van der Waals surface area contributed by atoms with Crippen LogP contribution < -0.4 is 15.4 Å². The van der Waals surface area contributed by atoms with Crippen LogP contribution in [0.5, 0.6) is 5.75 Å². The van der Waals surface area contributed by atoms with E-state index in [1.165, 1.54) is 14.0 Å². The van der Waals surface area contributed by atoms with Crippen molar-refractivity contribution >= 4 is 17.9 Å². The Morgan fingerprint density at radius 3 is 2.21 bits per heavy atom. The number of hydrogen-bond donors (Lipinski definition) is 2. The summed E-state index contributed by atoms with van der Waals surface area (Å²) in [7, 11) is 1.37. The predicted molar refractivity (Wildman–Crippen MR) is 88.8 cm³/mol. The smallest absolute Gasteiger partial charge is 0.344 e. The summed E-state index contributed by atoms with van der Waals surface area (Å²) in [6.45, 7) is 7.35. The number of hydrogen-bond acceptors (Lipinski definition) is 5. The van der Waals surface area contributed by atoms with Crippen LogP contribution in [0.3, 0.4) is 0 Å². The number of carbonyl (C=O) groups is 3. The Morgan fingerprint density at radius 1 is 1.12 bits per heavy atom. The molecule has 0 saturated carbocycles. The molecule has 0 saturated heterocycles. The molecule has 0 radical (unpaired) electrons.